The first-order valence-electron chi connectivity index (χ1n) is 11.5. The molecule has 0 radical (unpaired) electrons. The van der Waals surface area contributed by atoms with Gasteiger partial charge in [0.25, 0.3) is 5.91 Å². The number of rotatable bonds is 6. The van der Waals surface area contributed by atoms with E-state index in [4.69, 9.17) is 0 Å². The maximum absolute atomic E-state index is 13.7. The summed E-state index contributed by atoms with van der Waals surface area (Å²) < 4.78 is 13.7. The molecule has 1 amide bonds. The summed E-state index contributed by atoms with van der Waals surface area (Å²) in [6.45, 7) is 9.19. The number of benzene rings is 1. The van der Waals surface area contributed by atoms with Crippen molar-refractivity contribution in [3.05, 3.63) is 83.2 Å². The van der Waals surface area contributed by atoms with Crippen molar-refractivity contribution in [1.82, 2.24) is 25.4 Å². The van der Waals surface area contributed by atoms with Crippen molar-refractivity contribution in [2.24, 2.45) is 5.92 Å². The number of hydrogen-bond donors (Lipinski definition) is 2. The van der Waals surface area contributed by atoms with Gasteiger partial charge >= 0.3 is 0 Å². The topological polar surface area (TPSA) is 73.9 Å². The number of nitrogens with one attached hydrogen (secondary N) is 2. The molecule has 2 aromatic heterocycles. The number of amides is 1. The number of aromatic amines is 1. The van der Waals surface area contributed by atoms with Gasteiger partial charge in [-0.1, -0.05) is 32.9 Å². The van der Waals surface area contributed by atoms with Crippen molar-refractivity contribution in [1.29, 1.82) is 0 Å². The Morgan fingerprint density at radius 3 is 2.85 bits per heavy atom. The summed E-state index contributed by atoms with van der Waals surface area (Å²) in [4.78, 5) is 20.0. The highest BCUT2D eigenvalue weighted by Crippen LogP contribution is 2.31. The van der Waals surface area contributed by atoms with E-state index in [9.17, 15) is 9.18 Å². The van der Waals surface area contributed by atoms with Crippen molar-refractivity contribution in [2.75, 3.05) is 13.1 Å². The smallest absolute Gasteiger partial charge is 0.251 e. The lowest BCUT2D eigenvalue weighted by atomic mass is 9.87. The second kappa shape index (κ2) is 9.83. The van der Waals surface area contributed by atoms with Crippen LogP contribution in [-0.4, -0.2) is 39.1 Å². The van der Waals surface area contributed by atoms with Gasteiger partial charge in [-0.15, -0.1) is 0 Å². The molecule has 33 heavy (non-hydrogen) atoms. The molecule has 7 heteroatoms. The molecule has 1 aliphatic heterocycles. The van der Waals surface area contributed by atoms with Crippen LogP contribution < -0.4 is 5.32 Å². The number of carbonyl (C=O) groups excluding carboxylic acids is 1. The second-order valence-corrected chi connectivity index (χ2v) is 9.87. The van der Waals surface area contributed by atoms with Gasteiger partial charge in [0.15, 0.2) is 0 Å². The molecule has 1 saturated heterocycles. The number of nitrogens with zero attached hydrogens (tertiary/aromatic N) is 3. The zero-order valence-electron chi connectivity index (χ0n) is 19.5. The number of aromatic nitrogens is 3. The van der Waals surface area contributed by atoms with E-state index in [2.05, 4.69) is 46.2 Å². The average molecular weight is 450 g/mol. The SMILES string of the molecule is CC(C)(C)c1[nH]ncc1CN1CCCC(C(NC(=O)c2cccc(F)c2)c2ccccn2)C1. The largest absolute Gasteiger partial charge is 0.343 e. The molecular weight excluding hydrogens is 417 g/mol. The van der Waals surface area contributed by atoms with E-state index < -0.39 is 5.82 Å². The molecule has 1 aliphatic rings. The Kier molecular flexibility index (Phi) is 6.88. The second-order valence-electron chi connectivity index (χ2n) is 9.87. The van der Waals surface area contributed by atoms with Crippen LogP contribution in [0.1, 0.15) is 67.0 Å². The van der Waals surface area contributed by atoms with E-state index in [0.29, 0.717) is 5.56 Å². The molecule has 6 nitrogen and oxygen atoms in total. The third-order valence-corrected chi connectivity index (χ3v) is 6.25. The van der Waals surface area contributed by atoms with E-state index >= 15 is 0 Å². The van der Waals surface area contributed by atoms with Gasteiger partial charge in [0.2, 0.25) is 0 Å². The van der Waals surface area contributed by atoms with Crippen molar-refractivity contribution in [2.45, 2.75) is 51.6 Å². The Labute approximate surface area is 194 Å². The van der Waals surface area contributed by atoms with E-state index in [1.165, 1.54) is 17.7 Å². The number of hydrogen-bond acceptors (Lipinski definition) is 4. The van der Waals surface area contributed by atoms with Crippen LogP contribution in [0.25, 0.3) is 0 Å². The standard InChI is InChI=1S/C26H32FN5O/c1-26(2,3)24-20(15-29-31-24)17-32-13-7-9-19(16-32)23(22-11-4-5-12-28-22)30-25(33)18-8-6-10-21(27)14-18/h4-6,8,10-12,14-15,19,23H,7,9,13,16-17H2,1-3H3,(H,29,31)(H,30,33). The molecule has 2 unspecified atom stereocenters. The van der Waals surface area contributed by atoms with E-state index in [1.54, 1.807) is 18.3 Å². The van der Waals surface area contributed by atoms with Gasteiger partial charge in [-0.2, -0.15) is 5.10 Å². The number of piperidine rings is 1. The lowest BCUT2D eigenvalue weighted by Gasteiger charge is -2.37. The minimum Gasteiger partial charge on any atom is -0.343 e. The van der Waals surface area contributed by atoms with Crippen LogP contribution in [0.3, 0.4) is 0 Å². The van der Waals surface area contributed by atoms with E-state index in [0.717, 1.165) is 43.9 Å². The first kappa shape index (κ1) is 23.1. The highest BCUT2D eigenvalue weighted by Gasteiger charge is 2.31. The Morgan fingerprint density at radius 2 is 2.12 bits per heavy atom. The quantitative estimate of drug-likeness (QED) is 0.576. The number of halogens is 1. The fraction of sp³-hybridized carbons (Fsp3) is 0.423. The van der Waals surface area contributed by atoms with Crippen LogP contribution in [0.2, 0.25) is 0 Å². The summed E-state index contributed by atoms with van der Waals surface area (Å²) in [6, 6.07) is 11.3. The molecular formula is C26H32FN5O. The third-order valence-electron chi connectivity index (χ3n) is 6.25. The number of likely N-dealkylation sites (tertiary alicyclic amines) is 1. The lowest BCUT2D eigenvalue weighted by molar-refractivity contribution is 0.0874. The molecule has 0 spiro atoms. The van der Waals surface area contributed by atoms with Gasteiger partial charge < -0.3 is 5.32 Å². The van der Waals surface area contributed by atoms with Gasteiger partial charge in [0.05, 0.1) is 17.9 Å². The highest BCUT2D eigenvalue weighted by atomic mass is 19.1. The summed E-state index contributed by atoms with van der Waals surface area (Å²) in [6.07, 6.45) is 5.69. The Hall–Kier alpha value is -3.06. The first-order valence-corrected chi connectivity index (χ1v) is 11.5. The van der Waals surface area contributed by atoms with Crippen molar-refractivity contribution in [3.8, 4) is 0 Å². The Balaban J connectivity index is 1.53. The van der Waals surface area contributed by atoms with Crippen molar-refractivity contribution >= 4 is 5.91 Å². The molecule has 1 aromatic carbocycles. The van der Waals surface area contributed by atoms with Gasteiger partial charge in [-0.3, -0.25) is 19.8 Å². The van der Waals surface area contributed by atoms with Gasteiger partial charge in [-0.25, -0.2) is 4.39 Å². The van der Waals surface area contributed by atoms with E-state index in [-0.39, 0.29) is 23.3 Å². The van der Waals surface area contributed by atoms with Crippen LogP contribution in [0.4, 0.5) is 4.39 Å². The molecule has 1 fully saturated rings. The fourth-order valence-corrected chi connectivity index (χ4v) is 4.68. The van der Waals surface area contributed by atoms with Crippen molar-refractivity contribution in [3.63, 3.8) is 0 Å². The predicted molar refractivity (Wildman–Crippen MR) is 126 cm³/mol. The zero-order chi connectivity index (χ0) is 23.4. The Bertz CT molecular complexity index is 1080. The Morgan fingerprint density at radius 1 is 1.27 bits per heavy atom. The van der Waals surface area contributed by atoms with Crippen molar-refractivity contribution < 1.29 is 9.18 Å². The first-order chi connectivity index (χ1) is 15.8. The summed E-state index contributed by atoms with van der Waals surface area (Å²) in [5, 5.41) is 10.6. The van der Waals surface area contributed by atoms with Crippen LogP contribution in [0, 0.1) is 11.7 Å². The number of carbonyl (C=O) groups is 1. The summed E-state index contributed by atoms with van der Waals surface area (Å²) in [5.74, 6) is -0.515. The fourth-order valence-electron chi connectivity index (χ4n) is 4.68. The number of pyridine rings is 1. The maximum atomic E-state index is 13.7. The lowest BCUT2D eigenvalue weighted by Crippen LogP contribution is -2.43. The summed E-state index contributed by atoms with van der Waals surface area (Å²) in [7, 11) is 0. The molecule has 174 valence electrons. The average Bonchev–Trinajstić information content (AvgIpc) is 3.27. The minimum atomic E-state index is -0.421. The minimum absolute atomic E-state index is 0.00352. The molecule has 0 saturated carbocycles. The predicted octanol–water partition coefficient (Wildman–Crippen LogP) is 4.62. The molecule has 2 N–H and O–H groups in total. The summed E-state index contributed by atoms with van der Waals surface area (Å²) >= 11 is 0. The molecule has 0 bridgehead atoms. The van der Waals surface area contributed by atoms with E-state index in [1.807, 2.05) is 24.4 Å². The molecule has 3 heterocycles. The van der Waals surface area contributed by atoms with Gasteiger partial charge in [0.1, 0.15) is 5.82 Å². The molecule has 2 atom stereocenters. The van der Waals surface area contributed by atoms with Crippen LogP contribution in [0.5, 0.6) is 0 Å². The third kappa shape index (κ3) is 5.66. The van der Waals surface area contributed by atoms with Crippen LogP contribution >= 0.6 is 0 Å². The molecule has 0 aliphatic carbocycles. The van der Waals surface area contributed by atoms with Gasteiger partial charge in [-0.05, 0) is 55.6 Å². The molecule has 3 aromatic rings. The normalized spacial score (nSPS) is 18.1. The summed E-state index contributed by atoms with van der Waals surface area (Å²) in [5.41, 5.74) is 3.51. The number of H-pyrrole nitrogens is 1. The maximum Gasteiger partial charge on any atom is 0.251 e. The highest BCUT2D eigenvalue weighted by molar-refractivity contribution is 5.94. The van der Waals surface area contributed by atoms with Crippen LogP contribution in [0.15, 0.2) is 54.9 Å². The van der Waals surface area contributed by atoms with Gasteiger partial charge in [0, 0.05) is 41.5 Å². The zero-order valence-corrected chi connectivity index (χ0v) is 19.5. The van der Waals surface area contributed by atoms with Crippen LogP contribution in [-0.2, 0) is 12.0 Å². The molecule has 4 rings (SSSR count). The monoisotopic (exact) mass is 449 g/mol.